The smallest absolute Gasteiger partial charge is 0.406 e. The van der Waals surface area contributed by atoms with E-state index in [4.69, 9.17) is 11.6 Å². The van der Waals surface area contributed by atoms with Crippen LogP contribution in [0.3, 0.4) is 0 Å². The van der Waals surface area contributed by atoms with Gasteiger partial charge in [0.2, 0.25) is 0 Å². The second-order valence-electron chi connectivity index (χ2n) is 2.89. The van der Waals surface area contributed by atoms with Gasteiger partial charge in [0, 0.05) is 10.5 Å². The van der Waals surface area contributed by atoms with Gasteiger partial charge in [-0.2, -0.15) is 8.78 Å². The van der Waals surface area contributed by atoms with Crippen LogP contribution in [0.15, 0.2) is 23.1 Å². The van der Waals surface area contributed by atoms with Gasteiger partial charge in [-0.25, -0.2) is 0 Å². The number of ether oxygens (including phenoxy) is 1. The molecule has 1 aromatic rings. The predicted octanol–water partition coefficient (Wildman–Crippen LogP) is 4.28. The lowest BCUT2D eigenvalue weighted by Crippen LogP contribution is -2.17. The Hall–Kier alpha value is -1.02. The van der Waals surface area contributed by atoms with Crippen LogP contribution in [-0.4, -0.2) is 17.4 Å². The molecule has 0 N–H and O–H groups in total. The van der Waals surface area contributed by atoms with Gasteiger partial charge >= 0.3 is 6.36 Å². The Kier molecular flexibility index (Phi) is 4.80. The third-order valence-electron chi connectivity index (χ3n) is 1.57. The summed E-state index contributed by atoms with van der Waals surface area (Å²) in [7, 11) is 0. The van der Waals surface area contributed by atoms with E-state index in [1.54, 1.807) is 0 Å². The van der Waals surface area contributed by atoms with Gasteiger partial charge in [0.1, 0.15) is 5.75 Å². The maximum atomic E-state index is 12.1. The van der Waals surface area contributed by atoms with Gasteiger partial charge in [0.25, 0.3) is 11.0 Å². The average molecular weight is 307 g/mol. The van der Waals surface area contributed by atoms with Gasteiger partial charge in [-0.3, -0.25) is 4.79 Å². The SMILES string of the molecule is O=C(Cl)c1cc(OC(F)(F)F)cc(SC(F)F)c1. The topological polar surface area (TPSA) is 26.3 Å². The molecule has 1 aromatic carbocycles. The highest BCUT2D eigenvalue weighted by Gasteiger charge is 2.31. The maximum absolute atomic E-state index is 12.1. The van der Waals surface area contributed by atoms with E-state index in [1.807, 2.05) is 0 Å². The molecule has 2 nitrogen and oxygen atoms in total. The van der Waals surface area contributed by atoms with Crippen LogP contribution in [0.1, 0.15) is 10.4 Å². The first kappa shape index (κ1) is 15.0. The number of carbonyl (C=O) groups excluding carboxylic acids is 1. The number of thioether (sulfide) groups is 1. The van der Waals surface area contributed by atoms with Crippen molar-refractivity contribution in [3.05, 3.63) is 23.8 Å². The fraction of sp³-hybridized carbons (Fsp3) is 0.222. The quantitative estimate of drug-likeness (QED) is 0.472. The fourth-order valence-electron chi connectivity index (χ4n) is 1.05. The van der Waals surface area contributed by atoms with Crippen LogP contribution >= 0.6 is 23.4 Å². The summed E-state index contributed by atoms with van der Waals surface area (Å²) >= 11 is 5.06. The van der Waals surface area contributed by atoms with Crippen molar-refractivity contribution in [3.63, 3.8) is 0 Å². The van der Waals surface area contributed by atoms with Gasteiger partial charge in [-0.15, -0.1) is 13.2 Å². The first-order valence-corrected chi connectivity index (χ1v) is 5.48. The van der Waals surface area contributed by atoms with Gasteiger partial charge in [0.05, 0.1) is 0 Å². The minimum absolute atomic E-state index is 0.0214. The lowest BCUT2D eigenvalue weighted by Gasteiger charge is -2.11. The van der Waals surface area contributed by atoms with Gasteiger partial charge in [0.15, 0.2) is 0 Å². The van der Waals surface area contributed by atoms with Crippen LogP contribution in [0.5, 0.6) is 5.75 Å². The molecule has 0 radical (unpaired) electrons. The molecule has 0 saturated carbocycles. The Balaban J connectivity index is 3.10. The molecule has 0 saturated heterocycles. The normalized spacial score (nSPS) is 11.7. The van der Waals surface area contributed by atoms with Crippen molar-refractivity contribution >= 4 is 28.6 Å². The van der Waals surface area contributed by atoms with Crippen molar-refractivity contribution in [1.82, 2.24) is 0 Å². The third-order valence-corrected chi connectivity index (χ3v) is 2.47. The van der Waals surface area contributed by atoms with Crippen molar-refractivity contribution in [2.24, 2.45) is 0 Å². The number of benzene rings is 1. The third kappa shape index (κ3) is 5.09. The summed E-state index contributed by atoms with van der Waals surface area (Å²) in [6.45, 7) is 0. The summed E-state index contributed by atoms with van der Waals surface area (Å²) in [6, 6.07) is 2.42. The molecule has 0 aliphatic rings. The Morgan fingerprint density at radius 2 is 1.89 bits per heavy atom. The molecule has 0 bridgehead atoms. The van der Waals surface area contributed by atoms with E-state index >= 15 is 0 Å². The van der Waals surface area contributed by atoms with Crippen molar-refractivity contribution in [3.8, 4) is 5.75 Å². The molecule has 18 heavy (non-hydrogen) atoms. The van der Waals surface area contributed by atoms with E-state index in [0.717, 1.165) is 18.2 Å². The highest BCUT2D eigenvalue weighted by atomic mass is 35.5. The van der Waals surface area contributed by atoms with E-state index < -0.39 is 23.1 Å². The van der Waals surface area contributed by atoms with E-state index in [2.05, 4.69) is 4.74 Å². The van der Waals surface area contributed by atoms with E-state index in [-0.39, 0.29) is 22.2 Å². The van der Waals surface area contributed by atoms with Crippen molar-refractivity contribution in [1.29, 1.82) is 0 Å². The van der Waals surface area contributed by atoms with Gasteiger partial charge < -0.3 is 4.74 Å². The van der Waals surface area contributed by atoms with Crippen LogP contribution in [0.25, 0.3) is 0 Å². The molecule has 0 fully saturated rings. The van der Waals surface area contributed by atoms with Crippen LogP contribution in [0.2, 0.25) is 0 Å². The highest BCUT2D eigenvalue weighted by Crippen LogP contribution is 2.32. The fourth-order valence-corrected chi connectivity index (χ4v) is 1.74. The molecule has 1 rings (SSSR count). The molecule has 0 spiro atoms. The van der Waals surface area contributed by atoms with E-state index in [1.165, 1.54) is 0 Å². The summed E-state index contributed by atoms with van der Waals surface area (Å²) in [5.74, 6) is -3.62. The summed E-state index contributed by atoms with van der Waals surface area (Å²) < 4.78 is 63.7. The minimum atomic E-state index is -4.99. The molecule has 0 heterocycles. The second kappa shape index (κ2) is 5.75. The first-order valence-electron chi connectivity index (χ1n) is 4.23. The summed E-state index contributed by atoms with van der Waals surface area (Å²) in [4.78, 5) is 10.6. The van der Waals surface area contributed by atoms with E-state index in [9.17, 15) is 26.7 Å². The number of hydrogen-bond acceptors (Lipinski definition) is 3. The molecule has 0 amide bonds. The van der Waals surface area contributed by atoms with Crippen LogP contribution in [0, 0.1) is 0 Å². The molecule has 0 unspecified atom stereocenters. The zero-order valence-electron chi connectivity index (χ0n) is 8.30. The first-order chi connectivity index (χ1) is 8.17. The Morgan fingerprint density at radius 3 is 2.33 bits per heavy atom. The molecule has 0 aromatic heterocycles. The lowest BCUT2D eigenvalue weighted by molar-refractivity contribution is -0.274. The molecular formula is C9H4ClF5O2S. The zero-order valence-corrected chi connectivity index (χ0v) is 9.87. The number of alkyl halides is 5. The van der Waals surface area contributed by atoms with Crippen LogP contribution in [-0.2, 0) is 0 Å². The number of hydrogen-bond donors (Lipinski definition) is 0. The van der Waals surface area contributed by atoms with Crippen LogP contribution in [0.4, 0.5) is 22.0 Å². The summed E-state index contributed by atoms with van der Waals surface area (Å²) in [5, 5.41) is -1.07. The average Bonchev–Trinajstić information content (AvgIpc) is 2.12. The largest absolute Gasteiger partial charge is 0.573 e. The molecule has 0 atom stereocenters. The minimum Gasteiger partial charge on any atom is -0.406 e. The lowest BCUT2D eigenvalue weighted by atomic mass is 10.2. The zero-order chi connectivity index (χ0) is 13.9. The molecule has 0 aliphatic heterocycles. The second-order valence-corrected chi connectivity index (χ2v) is 4.30. The number of halogens is 6. The Bertz CT molecular complexity index is 449. The van der Waals surface area contributed by atoms with E-state index in [0.29, 0.717) is 0 Å². The van der Waals surface area contributed by atoms with Gasteiger partial charge in [-0.05, 0) is 29.8 Å². The Morgan fingerprint density at radius 1 is 1.28 bits per heavy atom. The summed E-state index contributed by atoms with van der Waals surface area (Å²) in [6.07, 6.45) is -4.99. The maximum Gasteiger partial charge on any atom is 0.573 e. The molecular weight excluding hydrogens is 303 g/mol. The standard InChI is InChI=1S/C9H4ClF5O2S/c10-7(16)4-1-5(17-9(13,14)15)3-6(2-4)18-8(11)12/h1-3,8H. The number of rotatable bonds is 4. The Labute approximate surface area is 107 Å². The molecule has 9 heteroatoms. The van der Waals surface area contributed by atoms with Crippen molar-refractivity contribution in [2.75, 3.05) is 0 Å². The predicted molar refractivity (Wildman–Crippen MR) is 55.2 cm³/mol. The highest BCUT2D eigenvalue weighted by molar-refractivity contribution is 7.99. The molecule has 100 valence electrons. The monoisotopic (exact) mass is 306 g/mol. The van der Waals surface area contributed by atoms with Gasteiger partial charge in [-0.1, -0.05) is 11.8 Å². The molecule has 0 aliphatic carbocycles. The summed E-state index contributed by atoms with van der Waals surface area (Å²) in [5.41, 5.74) is -0.360. The van der Waals surface area contributed by atoms with Crippen LogP contribution < -0.4 is 4.74 Å². The number of carbonyl (C=O) groups is 1. The van der Waals surface area contributed by atoms with Crippen molar-refractivity contribution < 1.29 is 31.5 Å². The van der Waals surface area contributed by atoms with Crippen molar-refractivity contribution in [2.45, 2.75) is 17.0 Å².